The number of rotatable bonds is 58. The van der Waals surface area contributed by atoms with E-state index in [9.17, 15) is 43.2 Å². The molecule has 0 radical (unpaired) electrons. The van der Waals surface area contributed by atoms with Crippen LogP contribution in [0.3, 0.4) is 0 Å². The maximum absolute atomic E-state index is 15.0. The molecule has 0 heterocycles. The van der Waals surface area contributed by atoms with Crippen LogP contribution in [0.4, 0.5) is 0 Å². The molecule has 0 unspecified atom stereocenters. The molecule has 39 heteroatoms. The van der Waals surface area contributed by atoms with Crippen LogP contribution >= 0.6 is 0 Å². The molecule has 0 aliphatic heterocycles. The van der Waals surface area contributed by atoms with Gasteiger partial charge in [-0.25, -0.2) is 0 Å². The number of aliphatic imine (C=N–C) groups is 8. The monoisotopic (exact) mass is 1400 g/mol. The minimum Gasteiger partial charge on any atom is -0.370 e. The Morgan fingerprint density at radius 1 is 0.263 bits per heavy atom. The SMILES string of the molecule is CC[C@H](CCCN=C(N)N)C(=O)N[C@H](CCCN=C(N)N)C(=O)C[C@H](CCCN=C(N)N)C(=O)N[C@H](CCCN=C(N)N)C(=O)C[C@H](CCCN=C(N)N)C(=O)N[C@H](CCCN=C(N)N)C(=O)C[C@H](CCCN=C(N)N)C(=O)N[C@H](CCCN=C(N)N)C(=O)C[C@H](CCCCN)C(N)=O. The summed E-state index contributed by atoms with van der Waals surface area (Å²) in [4.78, 5) is 161. The van der Waals surface area contributed by atoms with Crippen molar-refractivity contribution in [3.05, 3.63) is 0 Å². The summed E-state index contributed by atoms with van der Waals surface area (Å²) in [5.74, 6) is -12.3. The highest BCUT2D eigenvalue weighted by molar-refractivity contribution is 5.98. The Morgan fingerprint density at radius 2 is 0.455 bits per heavy atom. The van der Waals surface area contributed by atoms with Gasteiger partial charge in [-0.05, 0) is 129 Å². The van der Waals surface area contributed by atoms with E-state index in [1.165, 1.54) is 0 Å². The van der Waals surface area contributed by atoms with Gasteiger partial charge in [0.25, 0.3) is 0 Å². The van der Waals surface area contributed by atoms with E-state index >= 15 is 0 Å². The summed E-state index contributed by atoms with van der Waals surface area (Å²) in [5, 5.41) is 11.3. The quantitative estimate of drug-likeness (QED) is 0.0153. The molecule has 39 nitrogen and oxygen atoms in total. The van der Waals surface area contributed by atoms with Crippen LogP contribution < -0.4 is 124 Å². The van der Waals surface area contributed by atoms with Gasteiger partial charge in [-0.3, -0.25) is 83.1 Å². The Kier molecular flexibility index (Phi) is 47.1. The van der Waals surface area contributed by atoms with Gasteiger partial charge in [-0.15, -0.1) is 0 Å². The lowest BCUT2D eigenvalue weighted by molar-refractivity contribution is -0.136. The smallest absolute Gasteiger partial charge is 0.224 e. The molecular weight excluding hydrogens is 1280 g/mol. The Morgan fingerprint density at radius 3 is 0.657 bits per heavy atom. The van der Waals surface area contributed by atoms with Gasteiger partial charge in [0.05, 0.1) is 24.2 Å². The minimum absolute atomic E-state index is 0.00589. The standard InChI is InChI=1S/C60H118N30O9/c1-2-35(14-5-23-79-53(63)64)49(96)87-41(19-10-28-84-58(73)74)45(92)32-37(15-6-24-80-54(65)66)51(98)89-43(21-12-30-86-60(77)78)47(94)34-39(17-8-26-82-56(69)70)52(99)90-42(20-11-29-85-59(75)76)46(93)33-38(16-7-25-81-55(67)68)50(97)88-40(18-9-27-83-57(71)72)44(91)31-36(48(62)95)13-3-4-22-61/h35-43H,2-34,61H2,1H3,(H2,62,95)(H,87,96)(H,88,97)(H,89,98)(H,90,99)(H4,63,64,79)(H4,65,66,80)(H4,67,68,81)(H4,69,70,82)(H4,71,72,83)(H4,73,74,84)(H4,75,76,85)(H4,77,78,86)/t35-,36+,37+,38+,39+,40-,41-,42-,43-/m1/s1. The second-order valence-electron chi connectivity index (χ2n) is 24.1. The van der Waals surface area contributed by atoms with Crippen molar-refractivity contribution in [1.29, 1.82) is 0 Å². The molecule has 5 amide bonds. The van der Waals surface area contributed by atoms with Crippen molar-refractivity contribution in [2.24, 2.45) is 173 Å². The van der Waals surface area contributed by atoms with E-state index in [1.807, 2.05) is 6.92 Å². The normalized spacial score (nSPS) is 13.6. The molecule has 562 valence electrons. The number of nitrogens with one attached hydrogen (secondary N) is 4. The van der Waals surface area contributed by atoms with Crippen LogP contribution in [0, 0.1) is 29.6 Å². The Balaban J connectivity index is 7.77. The van der Waals surface area contributed by atoms with Gasteiger partial charge in [0.1, 0.15) is 0 Å². The first-order chi connectivity index (χ1) is 46.8. The largest absolute Gasteiger partial charge is 0.370 e. The molecule has 99 heavy (non-hydrogen) atoms. The van der Waals surface area contributed by atoms with Crippen LogP contribution in [0.25, 0.3) is 0 Å². The van der Waals surface area contributed by atoms with Crippen LogP contribution in [0.1, 0.15) is 161 Å². The third kappa shape index (κ3) is 44.6. The zero-order chi connectivity index (χ0) is 74.8. The van der Waals surface area contributed by atoms with Crippen molar-refractivity contribution in [3.63, 3.8) is 0 Å². The van der Waals surface area contributed by atoms with Gasteiger partial charge >= 0.3 is 0 Å². The summed E-state index contributed by atoms with van der Waals surface area (Å²) in [5.41, 5.74) is 101. The Bertz CT molecular complexity index is 2740. The number of carbonyl (C=O) groups is 9. The summed E-state index contributed by atoms with van der Waals surface area (Å²) in [6.45, 7) is 2.77. The van der Waals surface area contributed by atoms with Crippen LogP contribution in [0.2, 0.25) is 0 Å². The number of hydrogen-bond donors (Lipinski definition) is 22. The van der Waals surface area contributed by atoms with Gasteiger partial charge in [0.2, 0.25) is 29.5 Å². The topological polar surface area (TPSA) is 769 Å². The first-order valence-corrected chi connectivity index (χ1v) is 33.6. The molecule has 9 atom stereocenters. The van der Waals surface area contributed by atoms with Crippen molar-refractivity contribution >= 4 is 100 Å². The fraction of sp³-hybridized carbons (Fsp3) is 0.717. The van der Waals surface area contributed by atoms with E-state index in [-0.39, 0.29) is 203 Å². The summed E-state index contributed by atoms with van der Waals surface area (Å²) < 4.78 is 0. The maximum atomic E-state index is 15.0. The van der Waals surface area contributed by atoms with Gasteiger partial charge in [-0.2, -0.15) is 0 Å². The van der Waals surface area contributed by atoms with Crippen LogP contribution in [-0.2, 0) is 43.2 Å². The van der Waals surface area contributed by atoms with Crippen LogP contribution in [0.5, 0.6) is 0 Å². The third-order valence-electron chi connectivity index (χ3n) is 15.8. The summed E-state index contributed by atoms with van der Waals surface area (Å²) in [7, 11) is 0. The number of ketones is 4. The number of amides is 5. The first kappa shape index (κ1) is 89.2. The molecule has 0 bridgehead atoms. The van der Waals surface area contributed by atoms with Crippen LogP contribution in [0.15, 0.2) is 39.9 Å². The van der Waals surface area contributed by atoms with Gasteiger partial charge < -0.3 is 124 Å². The number of hydrogen-bond acceptors (Lipinski definition) is 18. The number of guanidine groups is 8. The van der Waals surface area contributed by atoms with E-state index in [1.54, 1.807) is 0 Å². The van der Waals surface area contributed by atoms with Crippen LogP contribution in [-0.4, -0.2) is 183 Å². The molecule has 0 saturated carbocycles. The molecule has 0 aliphatic rings. The first-order valence-electron chi connectivity index (χ1n) is 33.6. The molecule has 0 fully saturated rings. The number of nitrogens with zero attached hydrogens (tertiary/aromatic N) is 8. The van der Waals surface area contributed by atoms with Gasteiger partial charge in [0.15, 0.2) is 70.8 Å². The average Bonchev–Trinajstić information content (AvgIpc) is 1.09. The van der Waals surface area contributed by atoms with Gasteiger partial charge in [0, 0.05) is 108 Å². The molecule has 0 aromatic carbocycles. The van der Waals surface area contributed by atoms with Crippen molar-refractivity contribution in [2.75, 3.05) is 58.9 Å². The highest BCUT2D eigenvalue weighted by Crippen LogP contribution is 2.24. The Hall–Kier alpha value is -9.85. The number of nitrogens with two attached hydrogens (primary N) is 18. The second kappa shape index (κ2) is 52.3. The zero-order valence-corrected chi connectivity index (χ0v) is 57.7. The lowest BCUT2D eigenvalue weighted by atomic mass is 9.88. The van der Waals surface area contributed by atoms with Crippen molar-refractivity contribution in [2.45, 2.75) is 185 Å². The lowest BCUT2D eigenvalue weighted by Gasteiger charge is -2.27. The molecular formula is C60H118N30O9. The number of unbranched alkanes of at least 4 members (excludes halogenated alkanes) is 1. The minimum atomic E-state index is -1.35. The van der Waals surface area contributed by atoms with Crippen molar-refractivity contribution < 1.29 is 43.2 Å². The number of Topliss-reactive ketones (excluding diaryl/α,β-unsaturated/α-hetero) is 4. The van der Waals surface area contributed by atoms with E-state index in [4.69, 9.17) is 103 Å². The number of carbonyl (C=O) groups excluding carboxylic acids is 9. The zero-order valence-electron chi connectivity index (χ0n) is 57.7. The molecule has 0 aromatic heterocycles. The fourth-order valence-electron chi connectivity index (χ4n) is 10.5. The van der Waals surface area contributed by atoms with E-state index < -0.39 is 126 Å². The Labute approximate surface area is 579 Å². The van der Waals surface area contributed by atoms with Crippen molar-refractivity contribution in [1.82, 2.24) is 21.3 Å². The average molecular weight is 1400 g/mol. The molecule has 0 saturated heterocycles. The predicted molar refractivity (Wildman–Crippen MR) is 385 cm³/mol. The van der Waals surface area contributed by atoms with E-state index in [0.717, 1.165) is 0 Å². The number of primary amides is 1. The summed E-state index contributed by atoms with van der Waals surface area (Å²) >= 11 is 0. The lowest BCUT2D eigenvalue weighted by Crippen LogP contribution is -2.49. The third-order valence-corrected chi connectivity index (χ3v) is 15.8. The van der Waals surface area contributed by atoms with E-state index in [2.05, 4.69) is 61.2 Å². The van der Waals surface area contributed by atoms with Crippen molar-refractivity contribution in [3.8, 4) is 0 Å². The fourth-order valence-corrected chi connectivity index (χ4v) is 10.5. The maximum Gasteiger partial charge on any atom is 0.224 e. The molecule has 0 spiro atoms. The predicted octanol–water partition coefficient (Wildman–Crippen LogP) is -6.70. The molecule has 0 rings (SSSR count). The summed E-state index contributed by atoms with van der Waals surface area (Å²) in [6, 6.07) is -5.01. The highest BCUT2D eigenvalue weighted by Gasteiger charge is 2.36. The molecule has 0 aliphatic carbocycles. The molecule has 40 N–H and O–H groups in total. The summed E-state index contributed by atoms with van der Waals surface area (Å²) in [6.07, 6.45) is 1.91. The van der Waals surface area contributed by atoms with Gasteiger partial charge in [-0.1, -0.05) is 13.3 Å². The molecule has 0 aromatic rings. The second-order valence-corrected chi connectivity index (χ2v) is 24.1. The highest BCUT2D eigenvalue weighted by atomic mass is 16.2. The van der Waals surface area contributed by atoms with E-state index in [0.29, 0.717) is 38.6 Å².